The zero-order valence-electron chi connectivity index (χ0n) is 35.8. The average Bonchev–Trinajstić information content (AvgIpc) is 3.19. The first-order valence-electron chi connectivity index (χ1n) is 22.9. The Morgan fingerprint density at radius 2 is 0.891 bits per heavy atom. The highest BCUT2D eigenvalue weighted by Gasteiger charge is 2.21. The van der Waals surface area contributed by atoms with E-state index in [0.29, 0.717) is 19.3 Å². The fraction of sp³-hybridized carbons (Fsp3) is 0.735. The fourth-order valence-corrected chi connectivity index (χ4v) is 6.75. The Hall–Kier alpha value is -2.89. The molecule has 1 amide bonds. The second kappa shape index (κ2) is 38.0. The number of benzene rings is 1. The van der Waals surface area contributed by atoms with E-state index in [9.17, 15) is 14.4 Å². The lowest BCUT2D eigenvalue weighted by atomic mass is 10.00. The van der Waals surface area contributed by atoms with Crippen molar-refractivity contribution >= 4 is 17.8 Å². The molecule has 0 aliphatic heterocycles. The summed E-state index contributed by atoms with van der Waals surface area (Å²) in [4.78, 5) is 38.3. The molecule has 0 aromatic heterocycles. The van der Waals surface area contributed by atoms with Crippen LogP contribution in [0, 0.1) is 5.92 Å². The first-order chi connectivity index (χ1) is 27.0. The summed E-state index contributed by atoms with van der Waals surface area (Å²) in [5, 5.41) is 2.99. The van der Waals surface area contributed by atoms with Crippen LogP contribution in [0.5, 0.6) is 0 Å². The highest BCUT2D eigenvalue weighted by atomic mass is 16.5. The van der Waals surface area contributed by atoms with Gasteiger partial charge in [0, 0.05) is 18.8 Å². The smallest absolute Gasteiger partial charge is 0.305 e. The number of carbonyl (C=O) groups excluding carboxylic acids is 3. The minimum atomic E-state index is -0.582. The van der Waals surface area contributed by atoms with Crippen LogP contribution in [0.4, 0.5) is 0 Å². The minimum absolute atomic E-state index is 0.00557. The van der Waals surface area contributed by atoms with Gasteiger partial charge in [0.05, 0.1) is 6.04 Å². The largest absolute Gasteiger partial charge is 0.463 e. The number of carbonyl (C=O) groups is 3. The molecule has 0 bridgehead atoms. The molecule has 6 heteroatoms. The quantitative estimate of drug-likeness (QED) is 0.0412. The summed E-state index contributed by atoms with van der Waals surface area (Å²) in [5.74, 6) is -0.957. The lowest BCUT2D eigenvalue weighted by molar-refractivity contribution is -0.149. The van der Waals surface area contributed by atoms with Gasteiger partial charge in [0.1, 0.15) is 13.2 Å². The molecule has 314 valence electrons. The van der Waals surface area contributed by atoms with Crippen molar-refractivity contribution in [3.8, 4) is 0 Å². The van der Waals surface area contributed by atoms with Crippen LogP contribution in [0.25, 0.3) is 0 Å². The Bertz CT molecular complexity index is 1040. The highest BCUT2D eigenvalue weighted by Crippen LogP contribution is 2.13. The van der Waals surface area contributed by atoms with Crippen molar-refractivity contribution in [1.82, 2.24) is 5.32 Å². The summed E-state index contributed by atoms with van der Waals surface area (Å²) in [5.41, 5.74) is 1.08. The topological polar surface area (TPSA) is 81.7 Å². The van der Waals surface area contributed by atoms with Gasteiger partial charge in [-0.25, -0.2) is 0 Å². The zero-order chi connectivity index (χ0) is 39.9. The number of allylic oxidation sites excluding steroid dienone is 4. The molecule has 0 heterocycles. The minimum Gasteiger partial charge on any atom is -0.463 e. The lowest BCUT2D eigenvalue weighted by Gasteiger charge is -2.21. The molecule has 1 aromatic carbocycles. The summed E-state index contributed by atoms with van der Waals surface area (Å²) in [6, 6.07) is 9.33. The van der Waals surface area contributed by atoms with Crippen molar-refractivity contribution < 1.29 is 23.9 Å². The number of nitrogens with one attached hydrogen (secondary N) is 1. The predicted molar refractivity (Wildman–Crippen MR) is 232 cm³/mol. The maximum absolute atomic E-state index is 13.1. The van der Waals surface area contributed by atoms with Crippen molar-refractivity contribution in [3.05, 3.63) is 60.2 Å². The number of esters is 2. The summed E-state index contributed by atoms with van der Waals surface area (Å²) in [6.45, 7) is 6.39. The van der Waals surface area contributed by atoms with Gasteiger partial charge in [-0.15, -0.1) is 0 Å². The van der Waals surface area contributed by atoms with E-state index in [1.807, 2.05) is 37.3 Å². The van der Waals surface area contributed by atoms with Crippen molar-refractivity contribution in [2.75, 3.05) is 13.2 Å². The number of amides is 1. The van der Waals surface area contributed by atoms with Crippen LogP contribution in [-0.2, 0) is 30.3 Å². The van der Waals surface area contributed by atoms with Crippen molar-refractivity contribution in [2.24, 2.45) is 5.92 Å². The summed E-state index contributed by atoms with van der Waals surface area (Å²) in [7, 11) is 0. The van der Waals surface area contributed by atoms with Crippen LogP contribution in [0.3, 0.4) is 0 Å². The summed E-state index contributed by atoms with van der Waals surface area (Å²) < 4.78 is 11.2. The molecule has 6 nitrogen and oxygen atoms in total. The molecular formula is C49H83NO5. The van der Waals surface area contributed by atoms with Gasteiger partial charge in [-0.2, -0.15) is 0 Å². The molecule has 0 spiro atoms. The Morgan fingerprint density at radius 3 is 1.29 bits per heavy atom. The second-order valence-electron chi connectivity index (χ2n) is 15.8. The van der Waals surface area contributed by atoms with E-state index in [-0.39, 0.29) is 37.0 Å². The third-order valence-corrected chi connectivity index (χ3v) is 10.4. The van der Waals surface area contributed by atoms with E-state index in [4.69, 9.17) is 9.47 Å². The number of hydrogen-bond acceptors (Lipinski definition) is 5. The molecule has 1 atom stereocenters. The predicted octanol–water partition coefficient (Wildman–Crippen LogP) is 13.5. The number of ether oxygens (including phenoxy) is 2. The SMILES string of the molecule is CCCCCCCC/C=C\CCCCCCCC(=O)OCC(COC(=O)CCCCCCC/C=C\CCCCCCCC)NC(=O)C(C)Cc1ccccc1. The van der Waals surface area contributed by atoms with E-state index in [0.717, 1.165) is 56.9 Å². The molecule has 1 aromatic rings. The Labute approximate surface area is 338 Å². The first kappa shape index (κ1) is 50.1. The first-order valence-corrected chi connectivity index (χ1v) is 22.9. The molecule has 1 rings (SSSR count). The van der Waals surface area contributed by atoms with Gasteiger partial charge in [-0.3, -0.25) is 14.4 Å². The molecule has 0 fully saturated rings. The van der Waals surface area contributed by atoms with E-state index >= 15 is 0 Å². The van der Waals surface area contributed by atoms with Crippen LogP contribution >= 0.6 is 0 Å². The van der Waals surface area contributed by atoms with Crippen LogP contribution in [0.15, 0.2) is 54.6 Å². The molecule has 1 unspecified atom stereocenters. The van der Waals surface area contributed by atoms with Crippen molar-refractivity contribution in [3.63, 3.8) is 0 Å². The van der Waals surface area contributed by atoms with Crippen LogP contribution < -0.4 is 5.32 Å². The van der Waals surface area contributed by atoms with Gasteiger partial charge in [0.25, 0.3) is 0 Å². The van der Waals surface area contributed by atoms with Crippen LogP contribution in [0.2, 0.25) is 0 Å². The molecule has 0 saturated heterocycles. The van der Waals surface area contributed by atoms with Crippen molar-refractivity contribution in [1.29, 1.82) is 0 Å². The lowest BCUT2D eigenvalue weighted by Crippen LogP contribution is -2.45. The molecule has 1 N–H and O–H groups in total. The zero-order valence-corrected chi connectivity index (χ0v) is 35.8. The van der Waals surface area contributed by atoms with Crippen molar-refractivity contribution in [2.45, 2.75) is 213 Å². The van der Waals surface area contributed by atoms with E-state index in [2.05, 4.69) is 43.5 Å². The monoisotopic (exact) mass is 766 g/mol. The summed E-state index contributed by atoms with van der Waals surface area (Å²) >= 11 is 0. The Morgan fingerprint density at radius 1 is 0.527 bits per heavy atom. The Balaban J connectivity index is 2.29. The standard InChI is InChI=1S/C49H83NO5/c1-4-6-8-10-12-14-16-18-20-22-24-26-28-30-35-39-47(51)54-42-46(50-49(53)44(3)41-45-37-33-32-34-38-45)43-55-48(52)40-36-31-29-27-25-23-21-19-17-15-13-11-9-7-5-2/h18-21,32-34,37-38,44,46H,4-17,22-31,35-36,39-43H2,1-3H3,(H,50,53)/b20-18-,21-19-. The third-order valence-electron chi connectivity index (χ3n) is 10.4. The molecule has 0 radical (unpaired) electrons. The van der Waals surface area contributed by atoms with Gasteiger partial charge in [-0.1, -0.05) is 178 Å². The summed E-state index contributed by atoms with van der Waals surface area (Å²) in [6.07, 6.45) is 42.0. The highest BCUT2D eigenvalue weighted by molar-refractivity contribution is 5.79. The molecule has 0 aliphatic rings. The van der Waals surface area contributed by atoms with Gasteiger partial charge < -0.3 is 14.8 Å². The van der Waals surface area contributed by atoms with Gasteiger partial charge >= 0.3 is 11.9 Å². The maximum Gasteiger partial charge on any atom is 0.305 e. The van der Waals surface area contributed by atoms with E-state index in [1.54, 1.807) is 0 Å². The van der Waals surface area contributed by atoms with E-state index in [1.165, 1.54) is 116 Å². The Kier molecular flexibility index (Phi) is 34.6. The van der Waals surface area contributed by atoms with Crippen LogP contribution in [0.1, 0.15) is 206 Å². The number of unbranched alkanes of at least 4 members (excludes halogenated alkanes) is 22. The van der Waals surface area contributed by atoms with E-state index < -0.39 is 6.04 Å². The number of hydrogen-bond donors (Lipinski definition) is 1. The molecule has 0 saturated carbocycles. The molecule has 55 heavy (non-hydrogen) atoms. The van der Waals surface area contributed by atoms with Crippen LogP contribution in [-0.4, -0.2) is 37.1 Å². The number of rotatable bonds is 38. The normalized spacial score (nSPS) is 12.1. The second-order valence-corrected chi connectivity index (χ2v) is 15.8. The molecule has 0 aliphatic carbocycles. The van der Waals surface area contributed by atoms with Gasteiger partial charge in [-0.05, 0) is 76.2 Å². The third kappa shape index (κ3) is 33.0. The average molecular weight is 766 g/mol. The maximum atomic E-state index is 13.1. The molecular weight excluding hydrogens is 683 g/mol. The fourth-order valence-electron chi connectivity index (χ4n) is 6.75. The van der Waals surface area contributed by atoms with Gasteiger partial charge in [0.15, 0.2) is 0 Å². The van der Waals surface area contributed by atoms with Gasteiger partial charge in [0.2, 0.25) is 5.91 Å².